The van der Waals surface area contributed by atoms with Crippen molar-refractivity contribution in [1.29, 1.82) is 0 Å². The van der Waals surface area contributed by atoms with Crippen LogP contribution in [0.5, 0.6) is 6.01 Å². The maximum atomic E-state index is 12.7. The second-order valence-corrected chi connectivity index (χ2v) is 20.8. The number of hydrogen-bond acceptors (Lipinski definition) is 20. The van der Waals surface area contributed by atoms with Gasteiger partial charge in [0.25, 0.3) is 40.5 Å². The molecule has 0 radical (unpaired) electrons. The number of fused-ring (bicyclic) bond motifs is 2. The van der Waals surface area contributed by atoms with Crippen molar-refractivity contribution in [3.8, 4) is 6.01 Å². The minimum atomic E-state index is -4.53. The quantitative estimate of drug-likeness (QED) is 0.0345. The highest BCUT2D eigenvalue weighted by atomic mass is 32.2. The molecule has 1 aromatic heterocycles. The minimum absolute atomic E-state index is 0.0412. The fraction of sp³-hybridized carbons (Fsp3) is 0.146. The average molecular weight is 992 g/mol. The molecule has 0 aliphatic carbocycles. The molecule has 0 bridgehead atoms. The summed E-state index contributed by atoms with van der Waals surface area (Å²) in [6.07, 6.45) is 0. The molecule has 0 saturated carbocycles. The second-order valence-electron chi connectivity index (χ2n) is 14.5. The van der Waals surface area contributed by atoms with E-state index < -0.39 is 58.0 Å². The summed E-state index contributed by atoms with van der Waals surface area (Å²) >= 11 is 0. The lowest BCUT2D eigenvalue weighted by Crippen LogP contribution is -2.05. The predicted molar refractivity (Wildman–Crippen MR) is 246 cm³/mol. The van der Waals surface area contributed by atoms with Gasteiger partial charge in [-0.25, -0.2) is 0 Å². The first-order valence-electron chi connectivity index (χ1n) is 19.2. The SMILES string of the molecule is COS(=O)(=O)c1cccc2c(CS(=O)(=O)O)cc(N=Nc3ccc(Nc4nc(O)nc(Nc5ccc(N=Nc6cc(CS(=O)(=O)O)c7cccc(S(=O)(=O)OC)c7c6)c(C)c5)n4)cc3C)cc12. The van der Waals surface area contributed by atoms with Crippen molar-refractivity contribution in [2.45, 2.75) is 35.1 Å². The Balaban J connectivity index is 1.09. The molecule has 0 saturated heterocycles. The largest absolute Gasteiger partial charge is 0.479 e. The monoisotopic (exact) mass is 991 g/mol. The van der Waals surface area contributed by atoms with E-state index in [-0.39, 0.29) is 65.7 Å². The van der Waals surface area contributed by atoms with Crippen molar-refractivity contribution in [2.24, 2.45) is 20.5 Å². The van der Waals surface area contributed by atoms with Gasteiger partial charge >= 0.3 is 6.01 Å². The van der Waals surface area contributed by atoms with Gasteiger partial charge in [0.15, 0.2) is 0 Å². The molecule has 26 heteroatoms. The summed E-state index contributed by atoms with van der Waals surface area (Å²) in [4.78, 5) is 11.8. The summed E-state index contributed by atoms with van der Waals surface area (Å²) in [7, 11) is -15.5. The van der Waals surface area contributed by atoms with E-state index in [1.807, 2.05) is 0 Å². The van der Waals surface area contributed by atoms with Crippen LogP contribution in [0, 0.1) is 13.8 Å². The van der Waals surface area contributed by atoms with Gasteiger partial charge < -0.3 is 15.7 Å². The van der Waals surface area contributed by atoms with Crippen LogP contribution in [0.3, 0.4) is 0 Å². The van der Waals surface area contributed by atoms with Crippen LogP contribution >= 0.6 is 0 Å². The lowest BCUT2D eigenvalue weighted by Gasteiger charge is -2.11. The number of nitrogens with zero attached hydrogens (tertiary/aromatic N) is 7. The Morgan fingerprint density at radius 1 is 0.522 bits per heavy atom. The molecule has 5 N–H and O–H groups in total. The molecule has 0 spiro atoms. The summed E-state index contributed by atoms with van der Waals surface area (Å²) in [5.74, 6) is -1.71. The molecule has 6 aromatic carbocycles. The van der Waals surface area contributed by atoms with Crippen molar-refractivity contribution >= 4 is 108 Å². The zero-order valence-corrected chi connectivity index (χ0v) is 38.6. The van der Waals surface area contributed by atoms with Gasteiger partial charge in [-0.3, -0.25) is 17.5 Å². The van der Waals surface area contributed by atoms with Crippen LogP contribution in [0.2, 0.25) is 0 Å². The summed E-state index contributed by atoms with van der Waals surface area (Å²) in [6, 6.07) is 23.2. The topological polar surface area (TPSA) is 328 Å². The Labute approximate surface area is 383 Å². The van der Waals surface area contributed by atoms with Crippen molar-refractivity contribution in [3.05, 3.63) is 119 Å². The van der Waals surface area contributed by atoms with Gasteiger partial charge in [-0.15, -0.1) is 0 Å². The molecule has 7 rings (SSSR count). The zero-order valence-electron chi connectivity index (χ0n) is 35.3. The van der Waals surface area contributed by atoms with Gasteiger partial charge in [-0.05, 0) is 120 Å². The van der Waals surface area contributed by atoms with Crippen molar-refractivity contribution in [2.75, 3.05) is 24.9 Å². The van der Waals surface area contributed by atoms with Crippen LogP contribution in [-0.4, -0.2) is 77.1 Å². The molecule has 0 aliphatic rings. The molecule has 67 heavy (non-hydrogen) atoms. The first kappa shape index (κ1) is 48.0. The first-order chi connectivity index (χ1) is 31.5. The normalized spacial score (nSPS) is 12.7. The van der Waals surface area contributed by atoms with Gasteiger partial charge in [-0.1, -0.05) is 24.3 Å². The minimum Gasteiger partial charge on any atom is -0.479 e. The van der Waals surface area contributed by atoms with E-state index in [4.69, 9.17) is 0 Å². The number of azo groups is 2. The van der Waals surface area contributed by atoms with E-state index in [1.165, 1.54) is 60.7 Å². The summed E-state index contributed by atoms with van der Waals surface area (Å²) in [6.45, 7) is 3.45. The highest BCUT2D eigenvalue weighted by Gasteiger charge is 2.22. The third-order valence-electron chi connectivity index (χ3n) is 9.78. The van der Waals surface area contributed by atoms with E-state index >= 15 is 0 Å². The Morgan fingerprint density at radius 2 is 0.925 bits per heavy atom. The molecule has 0 unspecified atom stereocenters. The molecule has 0 aliphatic heterocycles. The van der Waals surface area contributed by atoms with Gasteiger partial charge in [0, 0.05) is 22.1 Å². The third kappa shape index (κ3) is 11.6. The lowest BCUT2D eigenvalue weighted by molar-refractivity contribution is 0.397. The lowest BCUT2D eigenvalue weighted by atomic mass is 10.0. The number of aromatic hydroxyl groups is 1. The highest BCUT2D eigenvalue weighted by Crippen LogP contribution is 2.36. The van der Waals surface area contributed by atoms with Crippen LogP contribution < -0.4 is 10.6 Å². The number of nitrogens with one attached hydrogen (secondary N) is 2. The van der Waals surface area contributed by atoms with Gasteiger partial charge in [0.1, 0.15) is 21.3 Å². The number of anilines is 4. The van der Waals surface area contributed by atoms with Gasteiger partial charge in [-0.2, -0.15) is 69.1 Å². The first-order valence-corrected chi connectivity index (χ1v) is 25.2. The number of hydrogen-bond donors (Lipinski definition) is 5. The molecule has 0 fully saturated rings. The van der Waals surface area contributed by atoms with Gasteiger partial charge in [0.2, 0.25) is 11.9 Å². The zero-order chi connectivity index (χ0) is 48.5. The maximum absolute atomic E-state index is 12.7. The van der Waals surface area contributed by atoms with E-state index in [2.05, 4.69) is 54.4 Å². The second kappa shape index (κ2) is 18.8. The molecular formula is C41H37N9O13S4. The van der Waals surface area contributed by atoms with E-state index in [0.29, 0.717) is 33.9 Å². The van der Waals surface area contributed by atoms with Crippen LogP contribution in [-0.2, 0) is 60.3 Å². The van der Waals surface area contributed by atoms with Crippen molar-refractivity contribution < 1.29 is 56.2 Å². The number of aromatic nitrogens is 3. The Kier molecular flexibility index (Phi) is 13.5. The molecule has 22 nitrogen and oxygen atoms in total. The third-order valence-corrected chi connectivity index (χ3v) is 13.8. The van der Waals surface area contributed by atoms with Crippen LogP contribution in [0.4, 0.5) is 46.0 Å². The van der Waals surface area contributed by atoms with Crippen LogP contribution in [0.15, 0.2) is 127 Å². The van der Waals surface area contributed by atoms with Crippen LogP contribution in [0.1, 0.15) is 22.3 Å². The molecule has 348 valence electrons. The maximum Gasteiger partial charge on any atom is 0.320 e. The number of rotatable bonds is 16. The molecule has 1 heterocycles. The molecule has 0 atom stereocenters. The van der Waals surface area contributed by atoms with Gasteiger partial charge in [0.05, 0.1) is 37.0 Å². The summed E-state index contributed by atoms with van der Waals surface area (Å²) in [5.41, 5.74) is 3.26. The Morgan fingerprint density at radius 3 is 1.28 bits per heavy atom. The summed E-state index contributed by atoms with van der Waals surface area (Å²) < 4.78 is 127. The number of aryl methyl sites for hydroxylation is 2. The summed E-state index contributed by atoms with van der Waals surface area (Å²) in [5, 5.41) is 34.1. The highest BCUT2D eigenvalue weighted by molar-refractivity contribution is 7.87. The molecule has 7 aromatic rings. The van der Waals surface area contributed by atoms with E-state index in [1.54, 1.807) is 50.2 Å². The molecular weight excluding hydrogens is 955 g/mol. The standard InChI is InChI=1S/C41H37N9O13S4/c1-23-15-27(11-13-35(23)49-47-29-17-25(21-64(52,53)54)31-7-5-9-37(33(31)19-29)66(58,59)62-3)42-39-44-40(46-41(51)45-39)43-28-12-14-36(24(2)16-28)50-48-30-18-26(22-65(55,56)57)32-8-6-10-38(34(32)20-30)67(60,61)63-4/h5-20H,21-22H2,1-4H3,(H,52,53,54)(H,55,56,57)(H3,42,43,44,45,46,51). The smallest absolute Gasteiger partial charge is 0.320 e. The fourth-order valence-corrected chi connectivity index (χ4v) is 9.84. The van der Waals surface area contributed by atoms with E-state index in [9.17, 15) is 47.9 Å². The van der Waals surface area contributed by atoms with Crippen molar-refractivity contribution in [3.63, 3.8) is 0 Å². The number of benzene rings is 6. The molecule has 0 amide bonds. The van der Waals surface area contributed by atoms with Crippen molar-refractivity contribution in [1.82, 2.24) is 15.0 Å². The van der Waals surface area contributed by atoms with E-state index in [0.717, 1.165) is 14.2 Å². The predicted octanol–water partition coefficient (Wildman–Crippen LogP) is 8.26. The average Bonchev–Trinajstić information content (AvgIpc) is 3.24. The fourth-order valence-electron chi connectivity index (χ4n) is 6.85. The van der Waals surface area contributed by atoms with Crippen LogP contribution in [0.25, 0.3) is 21.5 Å². The Bertz CT molecular complexity index is 3410. The Hall–Kier alpha value is -6.91.